The summed E-state index contributed by atoms with van der Waals surface area (Å²) in [5, 5.41) is 3.42. The van der Waals surface area contributed by atoms with Crippen LogP contribution in [-0.4, -0.2) is 49.2 Å². The smallest absolute Gasteiger partial charge is 0.228 e. The highest BCUT2D eigenvalue weighted by Gasteiger charge is 2.42. The highest BCUT2D eigenvalue weighted by molar-refractivity contribution is 5.82. The molecule has 0 saturated carbocycles. The largest absolute Gasteiger partial charge is 0.372 e. The van der Waals surface area contributed by atoms with E-state index < -0.39 is 0 Å². The van der Waals surface area contributed by atoms with Gasteiger partial charge in [-0.15, -0.1) is 0 Å². The lowest BCUT2D eigenvalue weighted by molar-refractivity contribution is -0.157. The number of morpholine rings is 1. The van der Waals surface area contributed by atoms with Crippen LogP contribution >= 0.6 is 0 Å². The summed E-state index contributed by atoms with van der Waals surface area (Å²) in [5.74, 6) is 0.734. The molecule has 1 N–H and O–H groups in total. The third-order valence-corrected chi connectivity index (χ3v) is 4.58. The number of nitrogens with one attached hydrogen (secondary N) is 1. The van der Waals surface area contributed by atoms with Crippen LogP contribution in [-0.2, 0) is 9.53 Å². The lowest BCUT2D eigenvalue weighted by atomic mass is 9.73. The molecule has 19 heavy (non-hydrogen) atoms. The summed E-state index contributed by atoms with van der Waals surface area (Å²) in [7, 11) is 0. The quantitative estimate of drug-likeness (QED) is 0.828. The van der Waals surface area contributed by atoms with Crippen LogP contribution in [0.1, 0.15) is 40.5 Å². The molecule has 1 amide bonds. The van der Waals surface area contributed by atoms with Crippen LogP contribution in [0.2, 0.25) is 0 Å². The van der Waals surface area contributed by atoms with E-state index in [-0.39, 0.29) is 16.9 Å². The Morgan fingerprint density at radius 1 is 1.42 bits per heavy atom. The van der Waals surface area contributed by atoms with Crippen LogP contribution in [0.25, 0.3) is 0 Å². The first-order valence-electron chi connectivity index (χ1n) is 7.47. The summed E-state index contributed by atoms with van der Waals surface area (Å²) >= 11 is 0. The second kappa shape index (κ2) is 5.41. The Labute approximate surface area is 116 Å². The van der Waals surface area contributed by atoms with Crippen LogP contribution in [0.3, 0.4) is 0 Å². The molecule has 2 heterocycles. The van der Waals surface area contributed by atoms with Crippen LogP contribution in [0.4, 0.5) is 0 Å². The van der Waals surface area contributed by atoms with Crippen molar-refractivity contribution in [3.05, 3.63) is 0 Å². The van der Waals surface area contributed by atoms with Gasteiger partial charge in [0, 0.05) is 18.5 Å². The Kier molecular flexibility index (Phi) is 4.21. The van der Waals surface area contributed by atoms with Crippen molar-refractivity contribution in [1.82, 2.24) is 10.2 Å². The molecule has 1 atom stereocenters. The molecule has 2 fully saturated rings. The van der Waals surface area contributed by atoms with E-state index in [4.69, 9.17) is 4.74 Å². The minimum atomic E-state index is -0.277. The molecule has 0 aromatic rings. The standard InChI is InChI=1S/C15H28N2O2/c1-14(2)11-17(8-9-19-14)13(18)15(3,4)12-6-5-7-16-10-12/h12,16H,5-11H2,1-4H3. The SMILES string of the molecule is CC1(C)CN(C(=O)C(C)(C)C2CCCNC2)CCO1. The van der Waals surface area contributed by atoms with Gasteiger partial charge in [-0.1, -0.05) is 13.8 Å². The van der Waals surface area contributed by atoms with E-state index in [2.05, 4.69) is 33.0 Å². The molecule has 4 nitrogen and oxygen atoms in total. The lowest BCUT2D eigenvalue weighted by Gasteiger charge is -2.44. The first-order chi connectivity index (χ1) is 8.83. The van der Waals surface area contributed by atoms with E-state index >= 15 is 0 Å². The van der Waals surface area contributed by atoms with E-state index in [9.17, 15) is 4.79 Å². The second-order valence-corrected chi connectivity index (χ2v) is 7.10. The highest BCUT2D eigenvalue weighted by atomic mass is 16.5. The average Bonchev–Trinajstić information content (AvgIpc) is 2.37. The first kappa shape index (κ1) is 14.8. The maximum absolute atomic E-state index is 12.8. The van der Waals surface area contributed by atoms with Gasteiger partial charge in [0.2, 0.25) is 5.91 Å². The Hall–Kier alpha value is -0.610. The van der Waals surface area contributed by atoms with Gasteiger partial charge in [-0.05, 0) is 45.7 Å². The van der Waals surface area contributed by atoms with Gasteiger partial charge >= 0.3 is 0 Å². The Balaban J connectivity index is 2.04. The monoisotopic (exact) mass is 268 g/mol. The Morgan fingerprint density at radius 3 is 2.74 bits per heavy atom. The fraction of sp³-hybridized carbons (Fsp3) is 0.933. The van der Waals surface area contributed by atoms with Crippen LogP contribution in [0.15, 0.2) is 0 Å². The number of hydrogen-bond acceptors (Lipinski definition) is 3. The summed E-state index contributed by atoms with van der Waals surface area (Å²) in [6.45, 7) is 12.5. The number of rotatable bonds is 2. The molecule has 2 aliphatic heterocycles. The van der Waals surface area contributed by atoms with Gasteiger partial charge in [-0.2, -0.15) is 0 Å². The molecule has 2 rings (SSSR count). The molecule has 4 heteroatoms. The van der Waals surface area contributed by atoms with Crippen molar-refractivity contribution in [2.75, 3.05) is 32.8 Å². The van der Waals surface area contributed by atoms with Gasteiger partial charge in [0.1, 0.15) is 0 Å². The van der Waals surface area contributed by atoms with E-state index in [0.29, 0.717) is 19.1 Å². The van der Waals surface area contributed by atoms with Crippen LogP contribution < -0.4 is 5.32 Å². The Bertz CT molecular complexity index is 333. The molecule has 0 bridgehead atoms. The minimum absolute atomic E-state index is 0.213. The van der Waals surface area contributed by atoms with Crippen LogP contribution in [0.5, 0.6) is 0 Å². The Morgan fingerprint density at radius 2 is 2.16 bits per heavy atom. The second-order valence-electron chi connectivity index (χ2n) is 7.10. The third-order valence-electron chi connectivity index (χ3n) is 4.58. The molecule has 0 aromatic heterocycles. The van der Waals surface area contributed by atoms with Gasteiger partial charge < -0.3 is 15.0 Å². The maximum atomic E-state index is 12.8. The van der Waals surface area contributed by atoms with Crippen LogP contribution in [0, 0.1) is 11.3 Å². The molecule has 2 saturated heterocycles. The molecule has 1 unspecified atom stereocenters. The zero-order valence-electron chi connectivity index (χ0n) is 12.8. The maximum Gasteiger partial charge on any atom is 0.228 e. The number of nitrogens with zero attached hydrogens (tertiary/aromatic N) is 1. The molecule has 2 aliphatic rings. The van der Waals surface area contributed by atoms with Crippen molar-refractivity contribution in [3.8, 4) is 0 Å². The number of amides is 1. The lowest BCUT2D eigenvalue weighted by Crippen LogP contribution is -2.56. The zero-order valence-corrected chi connectivity index (χ0v) is 12.8. The minimum Gasteiger partial charge on any atom is -0.372 e. The predicted octanol–water partition coefficient (Wildman–Crippen LogP) is 1.65. The number of carbonyl (C=O) groups excluding carboxylic acids is 1. The predicted molar refractivity (Wildman–Crippen MR) is 76.0 cm³/mol. The van der Waals surface area contributed by atoms with E-state index in [1.165, 1.54) is 6.42 Å². The zero-order chi connectivity index (χ0) is 14.1. The van der Waals surface area contributed by atoms with Crippen molar-refractivity contribution in [2.24, 2.45) is 11.3 Å². The molecular weight excluding hydrogens is 240 g/mol. The van der Waals surface area contributed by atoms with Crippen molar-refractivity contribution in [2.45, 2.75) is 46.1 Å². The number of carbonyl (C=O) groups is 1. The van der Waals surface area contributed by atoms with Gasteiger partial charge in [-0.25, -0.2) is 0 Å². The van der Waals surface area contributed by atoms with E-state index in [0.717, 1.165) is 26.1 Å². The summed E-state index contributed by atoms with van der Waals surface area (Å²) in [4.78, 5) is 14.8. The number of hydrogen-bond donors (Lipinski definition) is 1. The van der Waals surface area contributed by atoms with Crippen molar-refractivity contribution in [1.29, 1.82) is 0 Å². The molecule has 110 valence electrons. The summed E-state index contributed by atoms with van der Waals surface area (Å²) < 4.78 is 5.70. The number of ether oxygens (including phenoxy) is 1. The molecular formula is C15H28N2O2. The van der Waals surface area contributed by atoms with Gasteiger partial charge in [0.15, 0.2) is 0 Å². The molecule has 0 spiro atoms. The number of piperidine rings is 1. The summed E-state index contributed by atoms with van der Waals surface area (Å²) in [5.41, 5.74) is -0.490. The molecule has 0 aromatic carbocycles. The van der Waals surface area contributed by atoms with Gasteiger partial charge in [0.25, 0.3) is 0 Å². The fourth-order valence-electron chi connectivity index (χ4n) is 3.24. The summed E-state index contributed by atoms with van der Waals surface area (Å²) in [6, 6.07) is 0. The van der Waals surface area contributed by atoms with Crippen molar-refractivity contribution in [3.63, 3.8) is 0 Å². The summed E-state index contributed by atoms with van der Waals surface area (Å²) in [6.07, 6.45) is 2.33. The normalized spacial score (nSPS) is 28.2. The van der Waals surface area contributed by atoms with Gasteiger partial charge in [-0.3, -0.25) is 4.79 Å². The molecule has 0 aliphatic carbocycles. The van der Waals surface area contributed by atoms with E-state index in [1.807, 2.05) is 4.90 Å². The molecule has 0 radical (unpaired) electrons. The van der Waals surface area contributed by atoms with Crippen molar-refractivity contribution >= 4 is 5.91 Å². The van der Waals surface area contributed by atoms with Crippen molar-refractivity contribution < 1.29 is 9.53 Å². The van der Waals surface area contributed by atoms with E-state index in [1.54, 1.807) is 0 Å². The average molecular weight is 268 g/mol. The topological polar surface area (TPSA) is 41.6 Å². The fourth-order valence-corrected chi connectivity index (χ4v) is 3.24. The van der Waals surface area contributed by atoms with Gasteiger partial charge in [0.05, 0.1) is 12.2 Å². The first-order valence-corrected chi connectivity index (χ1v) is 7.47. The third kappa shape index (κ3) is 3.29. The highest BCUT2D eigenvalue weighted by Crippen LogP contribution is 2.34.